The molecule has 1 atom stereocenters. The van der Waals surface area contributed by atoms with Crippen molar-refractivity contribution in [2.24, 2.45) is 11.8 Å². The highest BCUT2D eigenvalue weighted by Gasteiger charge is 2.29. The number of hydrogen-bond donors (Lipinski definition) is 2. The molecule has 1 fully saturated rings. The highest BCUT2D eigenvalue weighted by atomic mass is 35.5. The van der Waals surface area contributed by atoms with Crippen LogP contribution in [-0.2, 0) is 11.3 Å². The van der Waals surface area contributed by atoms with Gasteiger partial charge in [-0.15, -0.1) is 0 Å². The van der Waals surface area contributed by atoms with E-state index >= 15 is 0 Å². The first-order chi connectivity index (χ1) is 14.9. The van der Waals surface area contributed by atoms with Crippen LogP contribution < -0.4 is 5.32 Å². The van der Waals surface area contributed by atoms with E-state index in [-0.39, 0.29) is 17.9 Å². The zero-order chi connectivity index (χ0) is 22.0. The number of halogens is 1. The molecule has 1 aliphatic carbocycles. The summed E-state index contributed by atoms with van der Waals surface area (Å²) in [6, 6.07) is 15.5. The fourth-order valence-corrected chi connectivity index (χ4v) is 4.76. The molecule has 0 radical (unpaired) electrons. The van der Waals surface area contributed by atoms with E-state index in [1.54, 1.807) is 0 Å². The molecule has 0 aliphatic heterocycles. The van der Waals surface area contributed by atoms with Crippen molar-refractivity contribution in [2.45, 2.75) is 45.2 Å². The van der Waals surface area contributed by atoms with Gasteiger partial charge in [0.05, 0.1) is 17.0 Å². The number of nitrogens with zero attached hydrogens (tertiary/aromatic N) is 1. The number of nitrogens with one attached hydrogen (secondary N) is 1. The van der Waals surface area contributed by atoms with E-state index in [2.05, 4.69) is 9.88 Å². The minimum Gasteiger partial charge on any atom is -0.481 e. The van der Waals surface area contributed by atoms with E-state index in [1.165, 1.54) is 0 Å². The van der Waals surface area contributed by atoms with Crippen LogP contribution in [0.3, 0.4) is 0 Å². The Hall–Kier alpha value is -2.79. The maximum Gasteiger partial charge on any atom is 0.306 e. The highest BCUT2D eigenvalue weighted by Crippen LogP contribution is 2.31. The Morgan fingerprint density at radius 3 is 2.48 bits per heavy atom. The first-order valence-corrected chi connectivity index (χ1v) is 11.2. The molecule has 2 N–H and O–H groups in total. The molecule has 3 aromatic rings. The first-order valence-electron chi connectivity index (χ1n) is 10.8. The predicted octanol–water partition coefficient (Wildman–Crippen LogP) is 5.35. The van der Waals surface area contributed by atoms with E-state index in [1.807, 2.05) is 61.7 Å². The number of para-hydroxylation sites is 1. The van der Waals surface area contributed by atoms with E-state index in [4.69, 9.17) is 11.6 Å². The van der Waals surface area contributed by atoms with Gasteiger partial charge < -0.3 is 15.0 Å². The molecule has 5 nitrogen and oxygen atoms in total. The first kappa shape index (κ1) is 21.4. The number of rotatable bonds is 6. The lowest BCUT2D eigenvalue weighted by atomic mass is 9.79. The van der Waals surface area contributed by atoms with Gasteiger partial charge in [-0.1, -0.05) is 35.9 Å². The molecule has 0 unspecified atom stereocenters. The summed E-state index contributed by atoms with van der Waals surface area (Å²) in [4.78, 5) is 24.4. The van der Waals surface area contributed by atoms with Crippen molar-refractivity contribution in [3.8, 4) is 0 Å². The molecule has 1 saturated carbocycles. The molecule has 0 saturated heterocycles. The standard InChI is InChI=1S/C25H27ClN2O3/c1-16(18-7-9-20(10-8-18)25(30)31)27-24(29)22-4-2-3-19-13-14-28(23(19)22)15-17-5-11-21(26)12-6-17/h2-6,11-14,16,18,20H,7-10,15H2,1H3,(H,27,29)(H,30,31)/t16-,18?,20?/m0/s1. The Bertz CT molecular complexity index is 1080. The van der Waals surface area contributed by atoms with Crippen LogP contribution in [0, 0.1) is 11.8 Å². The average molecular weight is 439 g/mol. The summed E-state index contributed by atoms with van der Waals surface area (Å²) in [7, 11) is 0. The number of carbonyl (C=O) groups is 2. The summed E-state index contributed by atoms with van der Waals surface area (Å²) in [5.41, 5.74) is 2.68. The zero-order valence-corrected chi connectivity index (χ0v) is 18.3. The molecule has 1 aromatic heterocycles. The van der Waals surface area contributed by atoms with Crippen LogP contribution in [0.25, 0.3) is 10.9 Å². The van der Waals surface area contributed by atoms with Gasteiger partial charge in [-0.25, -0.2) is 0 Å². The average Bonchev–Trinajstić information content (AvgIpc) is 3.18. The molecule has 162 valence electrons. The van der Waals surface area contributed by atoms with Crippen molar-refractivity contribution in [1.82, 2.24) is 9.88 Å². The minimum absolute atomic E-state index is 0.00261. The van der Waals surface area contributed by atoms with Gasteiger partial charge in [-0.3, -0.25) is 9.59 Å². The van der Waals surface area contributed by atoms with Crippen LogP contribution in [0.15, 0.2) is 54.7 Å². The van der Waals surface area contributed by atoms with Crippen molar-refractivity contribution in [3.63, 3.8) is 0 Å². The van der Waals surface area contributed by atoms with Crippen LogP contribution >= 0.6 is 11.6 Å². The Kier molecular flexibility index (Phi) is 6.33. The Labute approximate surface area is 187 Å². The van der Waals surface area contributed by atoms with Gasteiger partial charge in [0.1, 0.15) is 0 Å². The molecule has 0 bridgehead atoms. The van der Waals surface area contributed by atoms with Crippen molar-refractivity contribution >= 4 is 34.4 Å². The van der Waals surface area contributed by atoms with Crippen molar-refractivity contribution in [2.75, 3.05) is 0 Å². The Morgan fingerprint density at radius 2 is 1.81 bits per heavy atom. The zero-order valence-electron chi connectivity index (χ0n) is 17.6. The summed E-state index contributed by atoms with van der Waals surface area (Å²) in [6.45, 7) is 2.68. The summed E-state index contributed by atoms with van der Waals surface area (Å²) >= 11 is 6.00. The van der Waals surface area contributed by atoms with Crippen LogP contribution in [0.4, 0.5) is 0 Å². The Balaban J connectivity index is 1.51. The predicted molar refractivity (Wildman–Crippen MR) is 123 cm³/mol. The maximum atomic E-state index is 13.2. The van der Waals surface area contributed by atoms with Crippen LogP contribution in [0.5, 0.6) is 0 Å². The van der Waals surface area contributed by atoms with Crippen molar-refractivity contribution in [1.29, 1.82) is 0 Å². The molecule has 31 heavy (non-hydrogen) atoms. The molecule has 4 rings (SSSR count). The lowest BCUT2D eigenvalue weighted by Gasteiger charge is -2.31. The van der Waals surface area contributed by atoms with E-state index in [0.29, 0.717) is 35.9 Å². The smallest absolute Gasteiger partial charge is 0.306 e. The normalized spacial score (nSPS) is 19.8. The fourth-order valence-electron chi connectivity index (χ4n) is 4.63. The fraction of sp³-hybridized carbons (Fsp3) is 0.360. The lowest BCUT2D eigenvalue weighted by molar-refractivity contribution is -0.143. The molecule has 0 spiro atoms. The topological polar surface area (TPSA) is 71.3 Å². The van der Waals surface area contributed by atoms with Gasteiger partial charge in [0.15, 0.2) is 0 Å². The number of carboxylic acids is 1. The SMILES string of the molecule is C[C@H](NC(=O)c1cccc2ccn(Cc3ccc(Cl)cc3)c12)C1CCC(C(=O)O)CC1. The van der Waals surface area contributed by atoms with E-state index in [0.717, 1.165) is 29.3 Å². The van der Waals surface area contributed by atoms with Gasteiger partial charge >= 0.3 is 5.97 Å². The quantitative estimate of drug-likeness (QED) is 0.544. The second-order valence-electron chi connectivity index (χ2n) is 8.53. The number of aromatic nitrogens is 1. The molecule has 2 aromatic carbocycles. The number of aliphatic carboxylic acids is 1. The number of carbonyl (C=O) groups excluding carboxylic acids is 1. The summed E-state index contributed by atoms with van der Waals surface area (Å²) in [5.74, 6) is -0.735. The van der Waals surface area contributed by atoms with Crippen LogP contribution in [0.1, 0.15) is 48.5 Å². The third-order valence-electron chi connectivity index (χ3n) is 6.49. The van der Waals surface area contributed by atoms with Gasteiger partial charge in [0.25, 0.3) is 5.91 Å². The van der Waals surface area contributed by atoms with Gasteiger partial charge in [-0.05, 0) is 68.4 Å². The largest absolute Gasteiger partial charge is 0.481 e. The van der Waals surface area contributed by atoms with Crippen LogP contribution in [-0.4, -0.2) is 27.6 Å². The minimum atomic E-state index is -0.705. The number of carboxylic acid groups (broad SMARTS) is 1. The van der Waals surface area contributed by atoms with Gasteiger partial charge in [0.2, 0.25) is 0 Å². The number of amides is 1. The van der Waals surface area contributed by atoms with E-state index < -0.39 is 5.97 Å². The number of hydrogen-bond acceptors (Lipinski definition) is 2. The van der Waals surface area contributed by atoms with E-state index in [9.17, 15) is 14.7 Å². The second kappa shape index (κ2) is 9.15. The molecular weight excluding hydrogens is 412 g/mol. The Morgan fingerprint density at radius 1 is 1.10 bits per heavy atom. The van der Waals surface area contributed by atoms with Crippen molar-refractivity contribution in [3.05, 3.63) is 70.9 Å². The van der Waals surface area contributed by atoms with Crippen molar-refractivity contribution < 1.29 is 14.7 Å². The molecule has 1 aliphatic rings. The summed E-state index contributed by atoms with van der Waals surface area (Å²) in [6.07, 6.45) is 5.03. The second-order valence-corrected chi connectivity index (χ2v) is 8.96. The highest BCUT2D eigenvalue weighted by molar-refractivity contribution is 6.30. The summed E-state index contributed by atoms with van der Waals surface area (Å²) < 4.78 is 2.09. The lowest BCUT2D eigenvalue weighted by Crippen LogP contribution is -2.40. The molecule has 1 heterocycles. The molecular formula is C25H27ClN2O3. The molecule has 1 amide bonds. The third-order valence-corrected chi connectivity index (χ3v) is 6.74. The maximum absolute atomic E-state index is 13.2. The molecule has 6 heteroatoms. The van der Waals surface area contributed by atoms with Crippen LogP contribution in [0.2, 0.25) is 5.02 Å². The monoisotopic (exact) mass is 438 g/mol. The number of fused-ring (bicyclic) bond motifs is 1. The third kappa shape index (κ3) is 4.77. The van der Waals surface area contributed by atoms with Gasteiger partial charge in [0, 0.05) is 29.2 Å². The number of benzene rings is 2. The summed E-state index contributed by atoms with van der Waals surface area (Å²) in [5, 5.41) is 14.1. The van der Waals surface area contributed by atoms with Gasteiger partial charge in [-0.2, -0.15) is 0 Å².